The van der Waals surface area contributed by atoms with Gasteiger partial charge < -0.3 is 5.32 Å². The summed E-state index contributed by atoms with van der Waals surface area (Å²) in [7, 11) is -3.15. The Morgan fingerprint density at radius 1 is 1.28 bits per heavy atom. The molecule has 0 aromatic heterocycles. The van der Waals surface area contributed by atoms with Gasteiger partial charge in [-0.2, -0.15) is 0 Å². The highest BCUT2D eigenvalue weighted by atomic mass is 32.2. The SMILES string of the molecule is CCNC(C)c1ccc(NS(=O)(=O)C2CC2)cc1. The van der Waals surface area contributed by atoms with Crippen LogP contribution < -0.4 is 10.0 Å². The number of anilines is 1. The summed E-state index contributed by atoms with van der Waals surface area (Å²) in [6.45, 7) is 5.07. The van der Waals surface area contributed by atoms with Gasteiger partial charge in [-0.15, -0.1) is 0 Å². The predicted molar refractivity (Wildman–Crippen MR) is 74.1 cm³/mol. The molecule has 1 atom stereocenters. The van der Waals surface area contributed by atoms with Crippen LogP contribution in [0.3, 0.4) is 0 Å². The van der Waals surface area contributed by atoms with Gasteiger partial charge in [-0.05, 0) is 44.0 Å². The Bertz CT molecular complexity index is 492. The lowest BCUT2D eigenvalue weighted by Crippen LogP contribution is -2.18. The lowest BCUT2D eigenvalue weighted by molar-refractivity contribution is 0.598. The summed E-state index contributed by atoms with van der Waals surface area (Å²) in [6.07, 6.45) is 1.57. The first-order chi connectivity index (χ1) is 8.53. The van der Waals surface area contributed by atoms with E-state index in [0.29, 0.717) is 5.69 Å². The third-order valence-electron chi connectivity index (χ3n) is 3.14. The molecule has 1 saturated carbocycles. The van der Waals surface area contributed by atoms with Crippen LogP contribution in [0.1, 0.15) is 38.3 Å². The van der Waals surface area contributed by atoms with Crippen LogP contribution in [0.4, 0.5) is 5.69 Å². The van der Waals surface area contributed by atoms with Crippen LogP contribution in [-0.2, 0) is 10.0 Å². The van der Waals surface area contributed by atoms with Crippen molar-refractivity contribution in [3.63, 3.8) is 0 Å². The van der Waals surface area contributed by atoms with Gasteiger partial charge in [-0.25, -0.2) is 8.42 Å². The molecule has 1 aromatic carbocycles. The zero-order chi connectivity index (χ0) is 13.2. The quantitative estimate of drug-likeness (QED) is 0.832. The molecule has 0 bridgehead atoms. The Balaban J connectivity index is 2.03. The predicted octanol–water partition coefficient (Wildman–Crippen LogP) is 2.26. The Kier molecular flexibility index (Phi) is 3.92. The summed E-state index contributed by atoms with van der Waals surface area (Å²) in [5, 5.41) is 3.14. The van der Waals surface area contributed by atoms with E-state index in [1.165, 1.54) is 0 Å². The molecule has 0 radical (unpaired) electrons. The molecular formula is C13H20N2O2S. The van der Waals surface area contributed by atoms with Gasteiger partial charge >= 0.3 is 0 Å². The third kappa shape index (κ3) is 3.23. The second kappa shape index (κ2) is 5.28. The van der Waals surface area contributed by atoms with Crippen LogP contribution in [0, 0.1) is 0 Å². The van der Waals surface area contributed by atoms with Crippen molar-refractivity contribution < 1.29 is 8.42 Å². The maximum atomic E-state index is 11.8. The molecule has 0 heterocycles. The van der Waals surface area contributed by atoms with E-state index in [2.05, 4.69) is 23.9 Å². The van der Waals surface area contributed by atoms with E-state index < -0.39 is 10.0 Å². The molecule has 0 spiro atoms. The minimum absolute atomic E-state index is 0.183. The van der Waals surface area contributed by atoms with Crippen molar-refractivity contribution in [1.82, 2.24) is 5.32 Å². The van der Waals surface area contributed by atoms with Crippen LogP contribution in [0.25, 0.3) is 0 Å². The summed E-state index contributed by atoms with van der Waals surface area (Å²) >= 11 is 0. The molecule has 0 aliphatic heterocycles. The topological polar surface area (TPSA) is 58.2 Å². The van der Waals surface area contributed by atoms with E-state index in [1.54, 1.807) is 0 Å². The number of sulfonamides is 1. The van der Waals surface area contributed by atoms with E-state index in [0.717, 1.165) is 24.9 Å². The minimum Gasteiger partial charge on any atom is -0.310 e. The molecule has 4 nitrogen and oxygen atoms in total. The molecule has 1 aliphatic rings. The first kappa shape index (κ1) is 13.4. The van der Waals surface area contributed by atoms with Crippen LogP contribution >= 0.6 is 0 Å². The highest BCUT2D eigenvalue weighted by molar-refractivity contribution is 7.93. The lowest BCUT2D eigenvalue weighted by Gasteiger charge is -2.13. The second-order valence-electron chi connectivity index (χ2n) is 4.75. The number of rotatable bonds is 6. The number of nitrogens with one attached hydrogen (secondary N) is 2. The van der Waals surface area contributed by atoms with Gasteiger partial charge in [0.2, 0.25) is 10.0 Å². The van der Waals surface area contributed by atoms with Crippen molar-refractivity contribution in [2.24, 2.45) is 0 Å². The van der Waals surface area contributed by atoms with Crippen molar-refractivity contribution in [2.75, 3.05) is 11.3 Å². The van der Waals surface area contributed by atoms with Gasteiger partial charge in [0.25, 0.3) is 0 Å². The van der Waals surface area contributed by atoms with Gasteiger partial charge in [0.05, 0.1) is 5.25 Å². The first-order valence-corrected chi connectivity index (χ1v) is 7.92. The molecule has 1 unspecified atom stereocenters. The fraction of sp³-hybridized carbons (Fsp3) is 0.538. The number of benzene rings is 1. The maximum absolute atomic E-state index is 11.8. The Hall–Kier alpha value is -1.07. The molecule has 2 rings (SSSR count). The fourth-order valence-electron chi connectivity index (χ4n) is 1.89. The number of hydrogen-bond acceptors (Lipinski definition) is 3. The van der Waals surface area contributed by atoms with E-state index in [9.17, 15) is 8.42 Å². The van der Waals surface area contributed by atoms with Crippen molar-refractivity contribution in [3.8, 4) is 0 Å². The largest absolute Gasteiger partial charge is 0.310 e. The van der Waals surface area contributed by atoms with Gasteiger partial charge in [0, 0.05) is 11.7 Å². The summed E-state index contributed by atoms with van der Waals surface area (Å²) in [4.78, 5) is 0. The molecule has 5 heteroatoms. The minimum atomic E-state index is -3.15. The molecule has 1 aromatic rings. The van der Waals surface area contributed by atoms with Crippen molar-refractivity contribution >= 4 is 15.7 Å². The van der Waals surface area contributed by atoms with E-state index in [1.807, 2.05) is 24.3 Å². The molecule has 18 heavy (non-hydrogen) atoms. The Morgan fingerprint density at radius 2 is 1.89 bits per heavy atom. The van der Waals surface area contributed by atoms with Crippen LogP contribution in [0.2, 0.25) is 0 Å². The van der Waals surface area contributed by atoms with Crippen LogP contribution in [-0.4, -0.2) is 20.2 Å². The van der Waals surface area contributed by atoms with Crippen molar-refractivity contribution in [3.05, 3.63) is 29.8 Å². The standard InChI is InChI=1S/C13H20N2O2S/c1-3-14-10(2)11-4-6-12(7-5-11)15-18(16,17)13-8-9-13/h4-7,10,13-15H,3,8-9H2,1-2H3. The maximum Gasteiger partial charge on any atom is 0.235 e. The molecular weight excluding hydrogens is 248 g/mol. The van der Waals surface area contributed by atoms with Crippen LogP contribution in [0.15, 0.2) is 24.3 Å². The summed E-state index contributed by atoms with van der Waals surface area (Å²) in [5.41, 5.74) is 1.81. The van der Waals surface area contributed by atoms with Crippen LogP contribution in [0.5, 0.6) is 0 Å². The molecule has 100 valence electrons. The molecule has 0 saturated heterocycles. The number of hydrogen-bond donors (Lipinski definition) is 2. The molecule has 2 N–H and O–H groups in total. The second-order valence-corrected chi connectivity index (χ2v) is 6.71. The molecule has 0 amide bonds. The van der Waals surface area contributed by atoms with Gasteiger partial charge in [-0.1, -0.05) is 19.1 Å². The fourth-order valence-corrected chi connectivity index (χ4v) is 3.28. The Morgan fingerprint density at radius 3 is 2.39 bits per heavy atom. The zero-order valence-electron chi connectivity index (χ0n) is 10.8. The average Bonchev–Trinajstić information content (AvgIpc) is 3.13. The summed E-state index contributed by atoms with van der Waals surface area (Å²) in [6, 6.07) is 7.84. The molecule has 1 fully saturated rings. The van der Waals surface area contributed by atoms with E-state index >= 15 is 0 Å². The Labute approximate surface area is 109 Å². The average molecular weight is 268 g/mol. The van der Waals surface area contributed by atoms with Gasteiger partial charge in [0.15, 0.2) is 0 Å². The van der Waals surface area contributed by atoms with E-state index in [-0.39, 0.29) is 11.3 Å². The lowest BCUT2D eigenvalue weighted by atomic mass is 10.1. The van der Waals surface area contributed by atoms with Crippen molar-refractivity contribution in [1.29, 1.82) is 0 Å². The highest BCUT2D eigenvalue weighted by Gasteiger charge is 2.35. The summed E-state index contributed by atoms with van der Waals surface area (Å²) in [5.74, 6) is 0. The first-order valence-electron chi connectivity index (χ1n) is 6.38. The highest BCUT2D eigenvalue weighted by Crippen LogP contribution is 2.29. The van der Waals surface area contributed by atoms with E-state index in [4.69, 9.17) is 0 Å². The molecule has 1 aliphatic carbocycles. The zero-order valence-corrected chi connectivity index (χ0v) is 11.6. The normalized spacial score (nSPS) is 17.4. The van der Waals surface area contributed by atoms with Gasteiger partial charge in [-0.3, -0.25) is 4.72 Å². The monoisotopic (exact) mass is 268 g/mol. The van der Waals surface area contributed by atoms with Gasteiger partial charge in [0.1, 0.15) is 0 Å². The smallest absolute Gasteiger partial charge is 0.235 e. The summed E-state index contributed by atoms with van der Waals surface area (Å²) < 4.78 is 26.2. The third-order valence-corrected chi connectivity index (χ3v) is 5.01. The van der Waals surface area contributed by atoms with Crippen molar-refractivity contribution in [2.45, 2.75) is 38.0 Å².